The highest BCUT2D eigenvalue weighted by molar-refractivity contribution is 7.13. The van der Waals surface area contributed by atoms with Crippen LogP contribution in [0.2, 0.25) is 0 Å². The highest BCUT2D eigenvalue weighted by atomic mass is 32.1. The summed E-state index contributed by atoms with van der Waals surface area (Å²) in [7, 11) is 0. The Morgan fingerprint density at radius 2 is 1.79 bits per heavy atom. The van der Waals surface area contributed by atoms with E-state index in [0.717, 1.165) is 17.4 Å². The summed E-state index contributed by atoms with van der Waals surface area (Å²) in [5.74, 6) is -2.00. The average Bonchev–Trinajstić information content (AvgIpc) is 3.02. The van der Waals surface area contributed by atoms with Crippen molar-refractivity contribution in [3.63, 3.8) is 0 Å². The van der Waals surface area contributed by atoms with Crippen LogP contribution in [-0.2, 0) is 0 Å². The van der Waals surface area contributed by atoms with Crippen molar-refractivity contribution in [2.75, 3.05) is 0 Å². The van der Waals surface area contributed by atoms with Gasteiger partial charge in [0.1, 0.15) is 0 Å². The van der Waals surface area contributed by atoms with Crippen LogP contribution in [0.25, 0.3) is 0 Å². The van der Waals surface area contributed by atoms with Crippen LogP contribution in [0.1, 0.15) is 20.7 Å². The van der Waals surface area contributed by atoms with Crippen molar-refractivity contribution in [1.82, 2.24) is 0 Å². The largest absolute Gasteiger partial charge is 0.478 e. The van der Waals surface area contributed by atoms with Crippen LogP contribution in [-0.4, -0.2) is 27.1 Å². The minimum atomic E-state index is -1.14. The van der Waals surface area contributed by atoms with Gasteiger partial charge in [-0.25, -0.2) is 9.59 Å². The lowest BCUT2D eigenvalue weighted by atomic mass is 10.3. The van der Waals surface area contributed by atoms with Crippen molar-refractivity contribution in [3.8, 4) is 0 Å². The van der Waals surface area contributed by atoms with E-state index >= 15 is 0 Å². The van der Waals surface area contributed by atoms with E-state index in [2.05, 4.69) is 0 Å². The molecule has 0 radical (unpaired) electrons. The first-order valence-corrected chi connectivity index (χ1v) is 6.45. The maximum absolute atomic E-state index is 10.2. The second-order valence-electron chi connectivity index (χ2n) is 3.05. The summed E-state index contributed by atoms with van der Waals surface area (Å²) >= 11 is 2.19. The molecule has 0 aliphatic heterocycles. The molecule has 2 aromatic rings. The van der Waals surface area contributed by atoms with Gasteiger partial charge in [0, 0.05) is 16.8 Å². The summed E-state index contributed by atoms with van der Waals surface area (Å²) in [6, 6.07) is 2.61. The normalized spacial score (nSPS) is 9.26. The number of nitro groups is 1. The maximum Gasteiger partial charge on any atom is 0.336 e. The Balaban J connectivity index is 0.000000200. The second-order valence-corrected chi connectivity index (χ2v) is 4.72. The zero-order valence-electron chi connectivity index (χ0n) is 9.18. The van der Waals surface area contributed by atoms with Gasteiger partial charge in [0.25, 0.3) is 0 Å². The van der Waals surface area contributed by atoms with Gasteiger partial charge in [-0.05, 0) is 11.4 Å². The zero-order valence-corrected chi connectivity index (χ0v) is 10.8. The molecule has 0 bridgehead atoms. The summed E-state index contributed by atoms with van der Waals surface area (Å²) in [4.78, 5) is 29.7. The molecular formula is C10H7NO6S2. The monoisotopic (exact) mass is 301 g/mol. The van der Waals surface area contributed by atoms with Crippen molar-refractivity contribution in [2.45, 2.75) is 0 Å². The first-order chi connectivity index (χ1) is 8.91. The smallest absolute Gasteiger partial charge is 0.336 e. The third-order valence-electron chi connectivity index (χ3n) is 1.78. The van der Waals surface area contributed by atoms with Gasteiger partial charge in [0.05, 0.1) is 16.1 Å². The number of carbonyl (C=O) groups is 2. The molecule has 7 nitrogen and oxygen atoms in total. The lowest BCUT2D eigenvalue weighted by molar-refractivity contribution is -0.380. The van der Waals surface area contributed by atoms with Gasteiger partial charge in [-0.2, -0.15) is 11.3 Å². The summed E-state index contributed by atoms with van der Waals surface area (Å²) in [5, 5.41) is 31.1. The minimum absolute atomic E-state index is 0.0401. The van der Waals surface area contributed by atoms with Gasteiger partial charge in [0.2, 0.25) is 0 Å². The van der Waals surface area contributed by atoms with Gasteiger partial charge >= 0.3 is 16.9 Å². The van der Waals surface area contributed by atoms with Crippen LogP contribution in [0.5, 0.6) is 0 Å². The minimum Gasteiger partial charge on any atom is -0.478 e. The molecule has 0 aliphatic carbocycles. The molecule has 0 aliphatic rings. The molecular weight excluding hydrogens is 294 g/mol. The van der Waals surface area contributed by atoms with E-state index in [1.165, 1.54) is 16.7 Å². The standard InChI is InChI=1S/C5H3NO4S.C5H4O2S/c7-5(8)3-1-4(6(9)10)11-2-3;6-5(7)4-1-2-8-3-4/h1-2H,(H,7,8);1-3H,(H,6,7). The molecule has 2 N–H and O–H groups in total. The van der Waals surface area contributed by atoms with Crippen LogP contribution < -0.4 is 0 Å². The zero-order chi connectivity index (χ0) is 14.4. The Hall–Kier alpha value is -2.26. The predicted molar refractivity (Wildman–Crippen MR) is 69.2 cm³/mol. The topological polar surface area (TPSA) is 118 Å². The number of carboxylic acids is 2. The van der Waals surface area contributed by atoms with Crippen LogP contribution in [0.15, 0.2) is 28.3 Å². The van der Waals surface area contributed by atoms with Crippen molar-refractivity contribution in [3.05, 3.63) is 49.5 Å². The van der Waals surface area contributed by atoms with Crippen molar-refractivity contribution >= 4 is 39.6 Å². The lowest BCUT2D eigenvalue weighted by Crippen LogP contribution is -1.92. The molecule has 2 aromatic heterocycles. The van der Waals surface area contributed by atoms with Crippen LogP contribution >= 0.6 is 22.7 Å². The summed E-state index contributed by atoms with van der Waals surface area (Å²) in [5.41, 5.74) is 0.330. The molecule has 0 aromatic carbocycles. The van der Waals surface area contributed by atoms with E-state index in [4.69, 9.17) is 10.2 Å². The van der Waals surface area contributed by atoms with Gasteiger partial charge in [0.15, 0.2) is 0 Å². The number of rotatable bonds is 3. The van der Waals surface area contributed by atoms with E-state index in [0.29, 0.717) is 5.56 Å². The highest BCUT2D eigenvalue weighted by Gasteiger charge is 2.13. The average molecular weight is 301 g/mol. The molecule has 0 fully saturated rings. The molecule has 9 heteroatoms. The second kappa shape index (κ2) is 6.61. The van der Waals surface area contributed by atoms with E-state index in [1.54, 1.807) is 16.8 Å². The molecule has 0 spiro atoms. The third-order valence-corrected chi connectivity index (χ3v) is 3.34. The number of carboxylic acid groups (broad SMARTS) is 2. The SMILES string of the molecule is O=C(O)c1ccsc1.O=C(O)c1csc([N+](=O)[O-])c1. The van der Waals surface area contributed by atoms with Gasteiger partial charge in [-0.15, -0.1) is 0 Å². The fraction of sp³-hybridized carbons (Fsp3) is 0. The number of aromatic carboxylic acids is 2. The number of hydrogen-bond donors (Lipinski definition) is 2. The summed E-state index contributed by atoms with van der Waals surface area (Å²) < 4.78 is 0. The van der Waals surface area contributed by atoms with E-state index in [1.807, 2.05) is 0 Å². The number of thiophene rings is 2. The molecule has 2 heterocycles. The molecule has 2 rings (SSSR count). The molecule has 100 valence electrons. The van der Waals surface area contributed by atoms with Gasteiger partial charge < -0.3 is 10.2 Å². The molecule has 0 atom stereocenters. The molecule has 0 amide bonds. The highest BCUT2D eigenvalue weighted by Crippen LogP contribution is 2.22. The van der Waals surface area contributed by atoms with Gasteiger partial charge in [-0.3, -0.25) is 10.1 Å². The number of hydrogen-bond acceptors (Lipinski definition) is 6. The van der Waals surface area contributed by atoms with Crippen molar-refractivity contribution in [1.29, 1.82) is 0 Å². The van der Waals surface area contributed by atoms with Crippen molar-refractivity contribution < 1.29 is 24.7 Å². The first-order valence-electron chi connectivity index (χ1n) is 4.63. The number of nitrogens with zero attached hydrogens (tertiary/aromatic N) is 1. The van der Waals surface area contributed by atoms with Crippen LogP contribution in [0, 0.1) is 10.1 Å². The van der Waals surface area contributed by atoms with E-state index in [-0.39, 0.29) is 10.6 Å². The summed E-state index contributed by atoms with van der Waals surface area (Å²) in [6.45, 7) is 0. The van der Waals surface area contributed by atoms with E-state index < -0.39 is 16.9 Å². The Labute approximate surface area is 114 Å². The molecule has 0 unspecified atom stereocenters. The molecule has 0 saturated carbocycles. The Kier molecular flexibility index (Phi) is 5.15. The van der Waals surface area contributed by atoms with Crippen molar-refractivity contribution in [2.24, 2.45) is 0 Å². The van der Waals surface area contributed by atoms with Crippen LogP contribution in [0.4, 0.5) is 5.00 Å². The van der Waals surface area contributed by atoms with Gasteiger partial charge in [-0.1, -0.05) is 11.3 Å². The fourth-order valence-corrected chi connectivity index (χ4v) is 2.25. The maximum atomic E-state index is 10.2. The predicted octanol–water partition coefficient (Wildman–Crippen LogP) is 2.80. The lowest BCUT2D eigenvalue weighted by Gasteiger charge is -1.80. The first kappa shape index (κ1) is 14.8. The Morgan fingerprint density at radius 3 is 2.05 bits per heavy atom. The third kappa shape index (κ3) is 4.48. The fourth-order valence-electron chi connectivity index (χ4n) is 0.919. The quantitative estimate of drug-likeness (QED) is 0.664. The van der Waals surface area contributed by atoms with Crippen LogP contribution in [0.3, 0.4) is 0 Å². The Bertz CT molecular complexity index is 560. The molecule has 0 saturated heterocycles. The molecule has 19 heavy (non-hydrogen) atoms. The Morgan fingerprint density at radius 1 is 1.16 bits per heavy atom. The van der Waals surface area contributed by atoms with E-state index in [9.17, 15) is 19.7 Å². The summed E-state index contributed by atoms with van der Waals surface area (Å²) in [6.07, 6.45) is 0.